The smallest absolute Gasteiger partial charge is 0.249 e. The lowest BCUT2D eigenvalue weighted by Crippen LogP contribution is -2.27. The summed E-state index contributed by atoms with van der Waals surface area (Å²) < 4.78 is 0.548. The Morgan fingerprint density at radius 3 is 2.56 bits per heavy atom. The van der Waals surface area contributed by atoms with E-state index in [2.05, 4.69) is 15.9 Å². The molecule has 1 aromatic rings. The molecule has 0 atom stereocenters. The number of alkyl halides is 1. The molecule has 0 radical (unpaired) electrons. The molecule has 0 saturated carbocycles. The molecule has 0 unspecified atom stereocenters. The number of carbonyl (C=O) groups excluding carboxylic acids is 2. The lowest BCUT2D eigenvalue weighted by molar-refractivity contribution is -0.116. The summed E-state index contributed by atoms with van der Waals surface area (Å²) in [5.41, 5.74) is 6.17. The van der Waals surface area contributed by atoms with Crippen molar-refractivity contribution in [2.45, 2.75) is 0 Å². The third kappa shape index (κ3) is 2.74. The van der Waals surface area contributed by atoms with Gasteiger partial charge in [0.2, 0.25) is 11.8 Å². The molecule has 2 N–H and O–H groups in total. The largest absolute Gasteiger partial charge is 0.366 e. The Hall–Kier alpha value is -1.07. The second-order valence-electron chi connectivity index (χ2n) is 3.11. The number of halogens is 2. The number of primary amides is 1. The summed E-state index contributed by atoms with van der Waals surface area (Å²) in [7, 11) is 1.61. The highest BCUT2D eigenvalue weighted by Crippen LogP contribution is 2.23. The highest BCUT2D eigenvalue weighted by molar-refractivity contribution is 9.10. The van der Waals surface area contributed by atoms with Gasteiger partial charge in [0.25, 0.3) is 0 Å². The van der Waals surface area contributed by atoms with Crippen LogP contribution in [0.1, 0.15) is 10.4 Å². The van der Waals surface area contributed by atoms with Crippen LogP contribution in [0.4, 0.5) is 5.69 Å². The van der Waals surface area contributed by atoms with E-state index in [1.54, 1.807) is 25.2 Å². The molecule has 16 heavy (non-hydrogen) atoms. The number of rotatable bonds is 3. The zero-order valence-electron chi connectivity index (χ0n) is 8.54. The van der Waals surface area contributed by atoms with E-state index in [1.807, 2.05) is 0 Å². The molecule has 4 nitrogen and oxygen atoms in total. The van der Waals surface area contributed by atoms with Crippen LogP contribution in [0.3, 0.4) is 0 Å². The van der Waals surface area contributed by atoms with Crippen molar-refractivity contribution in [2.75, 3.05) is 17.8 Å². The minimum Gasteiger partial charge on any atom is -0.366 e. The summed E-state index contributed by atoms with van der Waals surface area (Å²) in [6.07, 6.45) is 0. The highest BCUT2D eigenvalue weighted by Gasteiger charge is 2.12. The average molecular weight is 306 g/mol. The van der Waals surface area contributed by atoms with E-state index in [0.29, 0.717) is 15.7 Å². The molecule has 0 heterocycles. The van der Waals surface area contributed by atoms with E-state index in [0.717, 1.165) is 0 Å². The Morgan fingerprint density at radius 2 is 2.12 bits per heavy atom. The van der Waals surface area contributed by atoms with E-state index in [4.69, 9.17) is 17.3 Å². The summed E-state index contributed by atoms with van der Waals surface area (Å²) in [5, 5.41) is 0. The van der Waals surface area contributed by atoms with Crippen molar-refractivity contribution >= 4 is 45.0 Å². The lowest BCUT2D eigenvalue weighted by atomic mass is 10.2. The molecule has 6 heteroatoms. The average Bonchev–Trinajstić information content (AvgIpc) is 2.26. The van der Waals surface area contributed by atoms with Crippen LogP contribution in [0.25, 0.3) is 0 Å². The van der Waals surface area contributed by atoms with Crippen molar-refractivity contribution in [2.24, 2.45) is 5.73 Å². The van der Waals surface area contributed by atoms with Crippen molar-refractivity contribution in [3.8, 4) is 0 Å². The number of amides is 2. The van der Waals surface area contributed by atoms with Gasteiger partial charge in [0, 0.05) is 17.2 Å². The molecular weight excluding hydrogens is 295 g/mol. The standard InChI is InChI=1S/C10H10BrClN2O2/c1-14(9(15)5-12)6-2-3-7(10(13)16)8(11)4-6/h2-4H,5H2,1H3,(H2,13,16). The van der Waals surface area contributed by atoms with Crippen LogP contribution < -0.4 is 10.6 Å². The van der Waals surface area contributed by atoms with Crippen LogP contribution in [-0.2, 0) is 4.79 Å². The van der Waals surface area contributed by atoms with Crippen molar-refractivity contribution < 1.29 is 9.59 Å². The molecule has 0 aromatic heterocycles. The third-order valence-corrected chi connectivity index (χ3v) is 2.98. The van der Waals surface area contributed by atoms with Crippen molar-refractivity contribution in [1.29, 1.82) is 0 Å². The Kier molecular flexibility index (Phi) is 4.32. The first-order valence-electron chi connectivity index (χ1n) is 4.39. The molecule has 0 saturated heterocycles. The molecule has 0 aliphatic heterocycles. The van der Waals surface area contributed by atoms with Crippen LogP contribution in [0.15, 0.2) is 22.7 Å². The fourth-order valence-electron chi connectivity index (χ4n) is 1.15. The van der Waals surface area contributed by atoms with Gasteiger partial charge in [-0.2, -0.15) is 0 Å². The topological polar surface area (TPSA) is 63.4 Å². The van der Waals surface area contributed by atoms with E-state index in [-0.39, 0.29) is 11.8 Å². The van der Waals surface area contributed by atoms with Gasteiger partial charge in [-0.3, -0.25) is 9.59 Å². The van der Waals surface area contributed by atoms with Gasteiger partial charge in [-0.25, -0.2) is 0 Å². The number of benzene rings is 1. The minimum atomic E-state index is -0.523. The van der Waals surface area contributed by atoms with Crippen LogP contribution in [0.5, 0.6) is 0 Å². The first-order chi connectivity index (χ1) is 7.47. The number of carbonyl (C=O) groups is 2. The summed E-state index contributed by atoms with van der Waals surface area (Å²) in [4.78, 5) is 23.7. The number of anilines is 1. The second-order valence-corrected chi connectivity index (χ2v) is 4.24. The zero-order valence-corrected chi connectivity index (χ0v) is 10.9. The molecule has 86 valence electrons. The maximum atomic E-state index is 11.3. The van der Waals surface area contributed by atoms with Crippen LogP contribution in [0.2, 0.25) is 0 Å². The Bertz CT molecular complexity index is 437. The molecule has 1 rings (SSSR count). The normalized spacial score (nSPS) is 9.94. The molecule has 0 bridgehead atoms. The summed E-state index contributed by atoms with van der Waals surface area (Å²) in [6.45, 7) is 0. The fourth-order valence-corrected chi connectivity index (χ4v) is 1.89. The van der Waals surface area contributed by atoms with E-state index in [9.17, 15) is 9.59 Å². The number of hydrogen-bond acceptors (Lipinski definition) is 2. The zero-order chi connectivity index (χ0) is 12.3. The minimum absolute atomic E-state index is 0.0916. The highest BCUT2D eigenvalue weighted by atomic mass is 79.9. The van der Waals surface area contributed by atoms with Gasteiger partial charge in [0.15, 0.2) is 0 Å². The van der Waals surface area contributed by atoms with Crippen LogP contribution >= 0.6 is 27.5 Å². The number of nitrogens with zero attached hydrogens (tertiary/aromatic N) is 1. The Morgan fingerprint density at radius 1 is 1.50 bits per heavy atom. The van der Waals surface area contributed by atoms with Crippen molar-refractivity contribution in [1.82, 2.24) is 0 Å². The van der Waals surface area contributed by atoms with Gasteiger partial charge in [0.05, 0.1) is 5.56 Å². The quantitative estimate of drug-likeness (QED) is 0.865. The predicted molar refractivity (Wildman–Crippen MR) is 66.8 cm³/mol. The molecule has 0 fully saturated rings. The molecule has 0 spiro atoms. The van der Waals surface area contributed by atoms with Crippen molar-refractivity contribution in [3.63, 3.8) is 0 Å². The predicted octanol–water partition coefficient (Wildman–Crippen LogP) is 1.75. The monoisotopic (exact) mass is 304 g/mol. The fraction of sp³-hybridized carbons (Fsp3) is 0.200. The van der Waals surface area contributed by atoms with Gasteiger partial charge >= 0.3 is 0 Å². The SMILES string of the molecule is CN(C(=O)CCl)c1ccc(C(N)=O)c(Br)c1. The second kappa shape index (κ2) is 5.32. The van der Waals surface area contributed by atoms with Crippen molar-refractivity contribution in [3.05, 3.63) is 28.2 Å². The van der Waals surface area contributed by atoms with Gasteiger partial charge in [-0.05, 0) is 34.1 Å². The van der Waals surface area contributed by atoms with E-state index in [1.165, 1.54) is 4.90 Å². The Balaban J connectivity index is 3.06. The van der Waals surface area contributed by atoms with E-state index >= 15 is 0 Å². The van der Waals surface area contributed by atoms with Gasteiger partial charge in [-0.15, -0.1) is 11.6 Å². The van der Waals surface area contributed by atoms with Gasteiger partial charge in [0.1, 0.15) is 5.88 Å². The number of nitrogens with two attached hydrogens (primary N) is 1. The Labute approximate surface area is 106 Å². The number of hydrogen-bond donors (Lipinski definition) is 1. The lowest BCUT2D eigenvalue weighted by Gasteiger charge is -2.16. The van der Waals surface area contributed by atoms with E-state index < -0.39 is 5.91 Å². The first-order valence-corrected chi connectivity index (χ1v) is 5.72. The summed E-state index contributed by atoms with van der Waals surface area (Å²) in [6, 6.07) is 4.83. The van der Waals surface area contributed by atoms with Crippen LogP contribution in [-0.4, -0.2) is 24.7 Å². The maximum absolute atomic E-state index is 11.3. The first kappa shape index (κ1) is 13.0. The van der Waals surface area contributed by atoms with Gasteiger partial charge in [-0.1, -0.05) is 0 Å². The molecule has 2 amide bonds. The molecular formula is C10H10BrClN2O2. The molecule has 0 aliphatic rings. The third-order valence-electron chi connectivity index (χ3n) is 2.09. The molecule has 0 aliphatic carbocycles. The summed E-state index contributed by atoms with van der Waals surface area (Å²) in [5.74, 6) is -0.837. The maximum Gasteiger partial charge on any atom is 0.249 e. The summed E-state index contributed by atoms with van der Waals surface area (Å²) >= 11 is 8.66. The van der Waals surface area contributed by atoms with Gasteiger partial charge < -0.3 is 10.6 Å². The molecule has 1 aromatic carbocycles. The van der Waals surface area contributed by atoms with Crippen LogP contribution in [0, 0.1) is 0 Å².